The summed E-state index contributed by atoms with van der Waals surface area (Å²) in [5.41, 5.74) is 1.08. The molecule has 0 aromatic heterocycles. The van der Waals surface area contributed by atoms with Gasteiger partial charge in [0.2, 0.25) is 6.10 Å². The van der Waals surface area contributed by atoms with Crippen molar-refractivity contribution in [3.05, 3.63) is 17.2 Å². The van der Waals surface area contributed by atoms with Crippen LogP contribution in [0.1, 0.15) is 0 Å². The van der Waals surface area contributed by atoms with Gasteiger partial charge in [-0.15, -0.1) is 0 Å². The first kappa shape index (κ1) is 12.3. The summed E-state index contributed by atoms with van der Waals surface area (Å²) >= 11 is 6.03. The molecule has 0 spiro atoms. The van der Waals surface area contributed by atoms with E-state index in [9.17, 15) is 4.79 Å². The van der Waals surface area contributed by atoms with Crippen molar-refractivity contribution in [3.8, 4) is 11.9 Å². The second-order valence-electron chi connectivity index (χ2n) is 3.78. The van der Waals surface area contributed by atoms with Gasteiger partial charge >= 0.3 is 5.97 Å². The molecule has 2 N–H and O–H groups in total. The van der Waals surface area contributed by atoms with E-state index in [0.29, 0.717) is 22.1 Å². The van der Waals surface area contributed by atoms with Crippen LogP contribution in [-0.2, 0) is 4.79 Å². The molecule has 1 aliphatic rings. The Bertz CT molecular complexity index is 541. The lowest BCUT2D eigenvalue weighted by molar-refractivity contribution is -0.144. The number of fused-ring (bicyclic) bond motifs is 1. The van der Waals surface area contributed by atoms with Crippen molar-refractivity contribution in [3.63, 3.8) is 0 Å². The van der Waals surface area contributed by atoms with E-state index in [1.165, 1.54) is 4.90 Å². The lowest BCUT2D eigenvalue weighted by Gasteiger charge is -2.26. The van der Waals surface area contributed by atoms with E-state index in [0.717, 1.165) is 0 Å². The van der Waals surface area contributed by atoms with Crippen molar-refractivity contribution in [2.45, 2.75) is 6.10 Å². The zero-order chi connectivity index (χ0) is 13.3. The fourth-order valence-electron chi connectivity index (χ4n) is 1.62. The third-order valence-corrected chi connectivity index (χ3v) is 2.89. The van der Waals surface area contributed by atoms with E-state index in [2.05, 4.69) is 5.32 Å². The van der Waals surface area contributed by atoms with Crippen LogP contribution in [0, 0.1) is 11.5 Å². The average Bonchev–Trinajstić information content (AvgIpc) is 2.36. The highest BCUT2D eigenvalue weighted by Crippen LogP contribution is 2.38. The molecule has 18 heavy (non-hydrogen) atoms. The SMILES string of the molecule is CN(C#N)c1cc2c(cc1Cl)NCC(C(=O)O)O2. The lowest BCUT2D eigenvalue weighted by Crippen LogP contribution is -2.37. The summed E-state index contributed by atoms with van der Waals surface area (Å²) in [6, 6.07) is 3.15. The van der Waals surface area contributed by atoms with Crippen LogP contribution in [0.15, 0.2) is 12.1 Å². The molecule has 1 heterocycles. The summed E-state index contributed by atoms with van der Waals surface area (Å²) < 4.78 is 5.33. The minimum Gasteiger partial charge on any atom is -0.478 e. The van der Waals surface area contributed by atoms with Gasteiger partial charge in [-0.2, -0.15) is 5.26 Å². The van der Waals surface area contributed by atoms with Crippen molar-refractivity contribution < 1.29 is 14.6 Å². The fourth-order valence-corrected chi connectivity index (χ4v) is 1.91. The number of halogens is 1. The summed E-state index contributed by atoms with van der Waals surface area (Å²) in [7, 11) is 1.55. The molecule has 0 saturated heterocycles. The molecule has 2 rings (SSSR count). The van der Waals surface area contributed by atoms with Crippen LogP contribution in [-0.4, -0.2) is 30.8 Å². The van der Waals surface area contributed by atoms with Crippen molar-refractivity contribution in [1.82, 2.24) is 0 Å². The Morgan fingerprint density at radius 2 is 2.44 bits per heavy atom. The molecule has 0 saturated carbocycles. The topological polar surface area (TPSA) is 85.6 Å². The third-order valence-electron chi connectivity index (χ3n) is 2.58. The van der Waals surface area contributed by atoms with Gasteiger partial charge < -0.3 is 15.2 Å². The second-order valence-corrected chi connectivity index (χ2v) is 4.19. The van der Waals surface area contributed by atoms with Crippen LogP contribution in [0.5, 0.6) is 5.75 Å². The van der Waals surface area contributed by atoms with Gasteiger partial charge in [-0.05, 0) is 6.07 Å². The maximum Gasteiger partial charge on any atom is 0.346 e. The predicted molar refractivity (Wildman–Crippen MR) is 66.0 cm³/mol. The number of nitrogens with one attached hydrogen (secondary N) is 1. The number of ether oxygens (including phenoxy) is 1. The normalized spacial score (nSPS) is 16.8. The zero-order valence-electron chi connectivity index (χ0n) is 9.48. The molecule has 0 radical (unpaired) electrons. The van der Waals surface area contributed by atoms with Crippen LogP contribution >= 0.6 is 11.6 Å². The van der Waals surface area contributed by atoms with Gasteiger partial charge in [0.05, 0.1) is 22.9 Å². The molecule has 0 amide bonds. The Labute approximate surface area is 108 Å². The minimum absolute atomic E-state index is 0.173. The maximum atomic E-state index is 10.9. The number of aliphatic carboxylic acids is 1. The highest BCUT2D eigenvalue weighted by atomic mass is 35.5. The van der Waals surface area contributed by atoms with Gasteiger partial charge in [0.1, 0.15) is 5.75 Å². The Morgan fingerprint density at radius 1 is 1.72 bits per heavy atom. The molecular formula is C11H10ClN3O3. The Morgan fingerprint density at radius 3 is 3.06 bits per heavy atom. The standard InChI is InChI=1S/C11H10ClN3O3/c1-15(5-13)8-3-9-7(2-6(8)12)14-4-10(18-9)11(16)17/h2-3,10,14H,4H2,1H3,(H,16,17). The summed E-state index contributed by atoms with van der Waals surface area (Å²) in [6.07, 6.45) is 0.974. The van der Waals surface area contributed by atoms with Crippen LogP contribution in [0.25, 0.3) is 0 Å². The number of carboxylic acid groups (broad SMARTS) is 1. The molecule has 1 atom stereocenters. The third kappa shape index (κ3) is 2.13. The summed E-state index contributed by atoms with van der Waals surface area (Å²) in [5.74, 6) is -0.673. The molecule has 1 aromatic rings. The molecule has 1 unspecified atom stereocenters. The maximum absolute atomic E-state index is 10.9. The molecule has 1 aromatic carbocycles. The first-order chi connectivity index (χ1) is 8.52. The Kier molecular flexibility index (Phi) is 3.17. The molecular weight excluding hydrogens is 258 g/mol. The lowest BCUT2D eigenvalue weighted by atomic mass is 10.2. The van der Waals surface area contributed by atoms with Crippen LogP contribution in [0.2, 0.25) is 5.02 Å². The van der Waals surface area contributed by atoms with Gasteiger partial charge in [0, 0.05) is 13.1 Å². The van der Waals surface area contributed by atoms with Crippen LogP contribution < -0.4 is 15.0 Å². The van der Waals surface area contributed by atoms with E-state index < -0.39 is 12.1 Å². The Hall–Kier alpha value is -2.13. The first-order valence-corrected chi connectivity index (χ1v) is 5.51. The minimum atomic E-state index is -1.04. The highest BCUT2D eigenvalue weighted by Gasteiger charge is 2.26. The number of benzene rings is 1. The number of hydrogen-bond donors (Lipinski definition) is 2. The quantitative estimate of drug-likeness (QED) is 0.624. The Balaban J connectivity index is 2.39. The summed E-state index contributed by atoms with van der Waals surface area (Å²) in [5, 5.41) is 21.0. The zero-order valence-corrected chi connectivity index (χ0v) is 10.2. The van der Waals surface area contributed by atoms with E-state index in [1.54, 1.807) is 19.2 Å². The molecule has 94 valence electrons. The van der Waals surface area contributed by atoms with Gasteiger partial charge in [-0.1, -0.05) is 11.6 Å². The predicted octanol–water partition coefficient (Wildman–Crippen LogP) is 1.51. The number of carbonyl (C=O) groups is 1. The largest absolute Gasteiger partial charge is 0.478 e. The smallest absolute Gasteiger partial charge is 0.346 e. The van der Waals surface area contributed by atoms with Crippen molar-refractivity contribution in [1.29, 1.82) is 5.26 Å². The van der Waals surface area contributed by atoms with E-state index in [1.807, 2.05) is 6.19 Å². The van der Waals surface area contributed by atoms with Gasteiger partial charge in [-0.25, -0.2) is 4.79 Å². The molecule has 0 bridgehead atoms. The number of nitrogens with zero attached hydrogens (tertiary/aromatic N) is 2. The van der Waals surface area contributed by atoms with Gasteiger partial charge in [0.15, 0.2) is 6.19 Å². The average molecular weight is 268 g/mol. The number of nitriles is 1. The van der Waals surface area contributed by atoms with Crippen molar-refractivity contribution in [2.75, 3.05) is 23.8 Å². The van der Waals surface area contributed by atoms with Gasteiger partial charge in [0.25, 0.3) is 0 Å². The monoisotopic (exact) mass is 267 g/mol. The number of hydrogen-bond acceptors (Lipinski definition) is 5. The number of anilines is 2. The van der Waals surface area contributed by atoms with Gasteiger partial charge in [-0.3, -0.25) is 4.90 Å². The second kappa shape index (κ2) is 4.63. The van der Waals surface area contributed by atoms with Crippen LogP contribution in [0.4, 0.5) is 11.4 Å². The molecule has 0 aliphatic carbocycles. The molecule has 7 heteroatoms. The molecule has 1 aliphatic heterocycles. The summed E-state index contributed by atoms with van der Waals surface area (Å²) in [6.45, 7) is 0.173. The van der Waals surface area contributed by atoms with E-state index >= 15 is 0 Å². The van der Waals surface area contributed by atoms with Crippen LogP contribution in [0.3, 0.4) is 0 Å². The molecule has 0 fully saturated rings. The van der Waals surface area contributed by atoms with E-state index in [4.69, 9.17) is 26.7 Å². The highest BCUT2D eigenvalue weighted by molar-refractivity contribution is 6.33. The van der Waals surface area contributed by atoms with Crippen molar-refractivity contribution in [2.24, 2.45) is 0 Å². The first-order valence-electron chi connectivity index (χ1n) is 5.13. The number of rotatable bonds is 2. The van der Waals surface area contributed by atoms with Crippen molar-refractivity contribution >= 4 is 28.9 Å². The fraction of sp³-hybridized carbons (Fsp3) is 0.273. The van der Waals surface area contributed by atoms with E-state index in [-0.39, 0.29) is 6.54 Å². The molecule has 6 nitrogen and oxygen atoms in total. The number of carboxylic acids is 1. The summed E-state index contributed by atoms with van der Waals surface area (Å²) in [4.78, 5) is 12.1.